The number of para-hydroxylation sites is 1. The largest absolute Gasteiger partial charge is 0.481 e. The molecule has 3 atom stereocenters. The molecule has 1 aliphatic heterocycles. The summed E-state index contributed by atoms with van der Waals surface area (Å²) in [6.07, 6.45) is -1.75. The zero-order chi connectivity index (χ0) is 31.3. The summed E-state index contributed by atoms with van der Waals surface area (Å²) in [4.78, 5) is 50.3. The van der Waals surface area contributed by atoms with Crippen molar-refractivity contribution in [3.8, 4) is 17.8 Å². The minimum atomic E-state index is -1.75. The number of anilines is 1. The summed E-state index contributed by atoms with van der Waals surface area (Å²) < 4.78 is 21.7. The maximum atomic E-state index is 14.1. The number of ether oxygens (including phenoxy) is 4. The third-order valence-electron chi connectivity index (χ3n) is 7.32. The van der Waals surface area contributed by atoms with Crippen LogP contribution in [0.15, 0.2) is 91.0 Å². The molecule has 0 bridgehead atoms. The predicted molar refractivity (Wildman–Crippen MR) is 158 cm³/mol. The summed E-state index contributed by atoms with van der Waals surface area (Å²) in [5.74, 6) is -2.38. The van der Waals surface area contributed by atoms with Crippen molar-refractivity contribution in [1.82, 2.24) is 15.3 Å². The van der Waals surface area contributed by atoms with E-state index in [1.807, 2.05) is 0 Å². The molecule has 0 aliphatic carbocycles. The van der Waals surface area contributed by atoms with Gasteiger partial charge in [-0.05, 0) is 17.2 Å². The molecular weight excluding hydrogens is 568 g/mol. The van der Waals surface area contributed by atoms with Gasteiger partial charge in [-0.15, -0.1) is 0 Å². The van der Waals surface area contributed by atoms with E-state index in [0.717, 1.165) is 0 Å². The molecule has 0 radical (unpaired) electrons. The van der Waals surface area contributed by atoms with Crippen molar-refractivity contribution in [2.45, 2.75) is 17.7 Å². The van der Waals surface area contributed by atoms with Gasteiger partial charge < -0.3 is 24.1 Å². The summed E-state index contributed by atoms with van der Waals surface area (Å²) in [5.41, 5.74) is -0.0875. The fourth-order valence-electron chi connectivity index (χ4n) is 5.39. The zero-order valence-electron chi connectivity index (χ0n) is 24.2. The normalized spacial score (nSPS) is 17.4. The lowest BCUT2D eigenvalue weighted by atomic mass is 9.77. The standard InChI is InChI=1S/C32H30N4O8/c1-41-24-18-25(42-2)35-31(34-24)44-28(29(38)39)32(21-14-8-5-9-15-21)22-16-10-11-17-23(22)36(26(37)19-33-32)27(30(40)43-3)20-12-6-4-7-13-20/h4-18,27-28,33H,19H2,1-3H3,(H,38,39)/t27?,28-,32+/m1/s1. The van der Waals surface area contributed by atoms with Gasteiger partial charge in [-0.2, -0.15) is 9.97 Å². The maximum Gasteiger partial charge on any atom is 0.347 e. The monoisotopic (exact) mass is 598 g/mol. The van der Waals surface area contributed by atoms with E-state index < -0.39 is 35.5 Å². The van der Waals surface area contributed by atoms with Gasteiger partial charge in [0, 0.05) is 5.56 Å². The number of rotatable bonds is 10. The number of carboxylic acids is 1. The predicted octanol–water partition coefficient (Wildman–Crippen LogP) is 3.12. The van der Waals surface area contributed by atoms with Crippen LogP contribution in [0, 0.1) is 0 Å². The number of aromatic nitrogens is 2. The number of carboxylic acid groups (broad SMARTS) is 1. The summed E-state index contributed by atoms with van der Waals surface area (Å²) in [6.45, 7) is -0.376. The number of esters is 1. The van der Waals surface area contributed by atoms with Crippen LogP contribution in [-0.2, 0) is 24.7 Å². The van der Waals surface area contributed by atoms with Crippen LogP contribution in [0.4, 0.5) is 5.69 Å². The van der Waals surface area contributed by atoms with Gasteiger partial charge in [0.05, 0.1) is 39.6 Å². The number of nitrogens with one attached hydrogen (secondary N) is 1. The Labute approximate surface area is 253 Å². The number of hydrogen-bond donors (Lipinski definition) is 2. The topological polar surface area (TPSA) is 149 Å². The van der Waals surface area contributed by atoms with Crippen LogP contribution in [0.25, 0.3) is 0 Å². The van der Waals surface area contributed by atoms with Gasteiger partial charge in [0.1, 0.15) is 5.54 Å². The number of nitrogens with zero attached hydrogens (tertiary/aromatic N) is 3. The van der Waals surface area contributed by atoms with E-state index >= 15 is 0 Å². The fourth-order valence-corrected chi connectivity index (χ4v) is 5.39. The van der Waals surface area contributed by atoms with Gasteiger partial charge in [-0.1, -0.05) is 78.9 Å². The van der Waals surface area contributed by atoms with Crippen molar-refractivity contribution in [1.29, 1.82) is 0 Å². The van der Waals surface area contributed by atoms with Crippen LogP contribution in [0.5, 0.6) is 17.8 Å². The second kappa shape index (κ2) is 12.8. The van der Waals surface area contributed by atoms with Crippen molar-refractivity contribution >= 4 is 23.5 Å². The first-order valence-electron chi connectivity index (χ1n) is 13.6. The van der Waals surface area contributed by atoms with E-state index in [-0.39, 0.29) is 30.0 Å². The Bertz CT molecular complexity index is 1630. The van der Waals surface area contributed by atoms with Crippen LogP contribution in [0.2, 0.25) is 0 Å². The molecule has 4 aromatic rings. The molecule has 226 valence electrons. The van der Waals surface area contributed by atoms with Crippen LogP contribution >= 0.6 is 0 Å². The average Bonchev–Trinajstić information content (AvgIpc) is 3.19. The highest BCUT2D eigenvalue weighted by Crippen LogP contribution is 2.44. The minimum Gasteiger partial charge on any atom is -0.481 e. The van der Waals surface area contributed by atoms with E-state index in [1.165, 1.54) is 32.3 Å². The van der Waals surface area contributed by atoms with Crippen molar-refractivity contribution in [3.63, 3.8) is 0 Å². The van der Waals surface area contributed by atoms with Gasteiger partial charge in [0.25, 0.3) is 0 Å². The molecule has 1 aromatic heterocycles. The molecule has 5 rings (SSSR count). The van der Waals surface area contributed by atoms with E-state index in [4.69, 9.17) is 18.9 Å². The fraction of sp³-hybridized carbons (Fsp3) is 0.219. The second-order valence-electron chi connectivity index (χ2n) is 9.72. The average molecular weight is 599 g/mol. The maximum absolute atomic E-state index is 14.1. The van der Waals surface area contributed by atoms with Crippen LogP contribution < -0.4 is 24.4 Å². The summed E-state index contributed by atoms with van der Waals surface area (Å²) in [7, 11) is 4.02. The number of benzene rings is 3. The molecule has 0 saturated carbocycles. The van der Waals surface area contributed by atoms with E-state index in [0.29, 0.717) is 16.7 Å². The molecule has 44 heavy (non-hydrogen) atoms. The first kappa shape index (κ1) is 30.0. The van der Waals surface area contributed by atoms with E-state index in [2.05, 4.69) is 15.3 Å². The molecule has 1 aliphatic rings. The van der Waals surface area contributed by atoms with Crippen LogP contribution in [0.1, 0.15) is 22.7 Å². The van der Waals surface area contributed by atoms with Gasteiger partial charge in [-0.3, -0.25) is 15.0 Å². The summed E-state index contributed by atoms with van der Waals surface area (Å²) in [5, 5.41) is 14.0. The molecule has 12 heteroatoms. The molecule has 0 spiro atoms. The van der Waals surface area contributed by atoms with Gasteiger partial charge in [0.2, 0.25) is 23.8 Å². The van der Waals surface area contributed by atoms with Crippen LogP contribution in [-0.4, -0.2) is 66.9 Å². The first-order valence-corrected chi connectivity index (χ1v) is 13.6. The minimum absolute atomic E-state index is 0.0871. The number of fused-ring (bicyclic) bond motifs is 1. The molecule has 3 aromatic carbocycles. The lowest BCUT2D eigenvalue weighted by Crippen LogP contribution is -2.58. The summed E-state index contributed by atoms with van der Waals surface area (Å²) in [6, 6.07) is 24.2. The Morgan fingerprint density at radius 3 is 2.07 bits per heavy atom. The number of carbonyl (C=O) groups is 3. The zero-order valence-corrected chi connectivity index (χ0v) is 24.2. The van der Waals surface area contributed by atoms with E-state index in [9.17, 15) is 19.5 Å². The highest BCUT2D eigenvalue weighted by atomic mass is 16.5. The third kappa shape index (κ3) is 5.50. The highest BCUT2D eigenvalue weighted by Gasteiger charge is 2.53. The number of aliphatic carboxylic acids is 1. The number of methoxy groups -OCH3 is 3. The molecule has 0 saturated heterocycles. The van der Waals surface area contributed by atoms with Crippen molar-refractivity contribution in [3.05, 3.63) is 108 Å². The number of carbonyl (C=O) groups excluding carboxylic acids is 2. The Hall–Kier alpha value is -5.49. The molecule has 2 heterocycles. The van der Waals surface area contributed by atoms with Crippen LogP contribution in [0.3, 0.4) is 0 Å². The van der Waals surface area contributed by atoms with Gasteiger partial charge >= 0.3 is 17.9 Å². The van der Waals surface area contributed by atoms with Gasteiger partial charge in [0.15, 0.2) is 6.04 Å². The highest BCUT2D eigenvalue weighted by molar-refractivity contribution is 6.03. The molecular formula is C32H30N4O8. The van der Waals surface area contributed by atoms with Gasteiger partial charge in [-0.25, -0.2) is 9.59 Å². The molecule has 12 nitrogen and oxygen atoms in total. The Balaban J connectivity index is 1.77. The lowest BCUT2D eigenvalue weighted by molar-refractivity contribution is -0.149. The number of hydrogen-bond acceptors (Lipinski definition) is 10. The van der Waals surface area contributed by atoms with E-state index in [1.54, 1.807) is 84.9 Å². The summed E-state index contributed by atoms with van der Waals surface area (Å²) >= 11 is 0. The molecule has 0 fully saturated rings. The quantitative estimate of drug-likeness (QED) is 0.259. The Morgan fingerprint density at radius 2 is 1.48 bits per heavy atom. The Kier molecular flexibility index (Phi) is 8.72. The third-order valence-corrected chi connectivity index (χ3v) is 7.32. The van der Waals surface area contributed by atoms with Crippen molar-refractivity contribution < 1.29 is 38.4 Å². The second-order valence-corrected chi connectivity index (χ2v) is 9.72. The van der Waals surface area contributed by atoms with Crippen molar-refractivity contribution in [2.75, 3.05) is 32.8 Å². The van der Waals surface area contributed by atoms with Crippen molar-refractivity contribution in [2.24, 2.45) is 0 Å². The first-order chi connectivity index (χ1) is 21.3. The molecule has 1 amide bonds. The molecule has 1 unspecified atom stereocenters. The lowest BCUT2D eigenvalue weighted by Gasteiger charge is -2.39. The smallest absolute Gasteiger partial charge is 0.347 e. The number of amides is 1. The SMILES string of the molecule is COC(=O)C(c1ccccc1)N1C(=O)CN[C@](c2ccccc2)([C@H](Oc2nc(OC)cc(OC)n2)C(=O)O)c2ccccc21. The Morgan fingerprint density at radius 1 is 0.886 bits per heavy atom. The molecule has 2 N–H and O–H groups in total.